The molecule has 0 N–H and O–H groups in total. The van der Waals surface area contributed by atoms with Crippen molar-refractivity contribution in [1.29, 1.82) is 0 Å². The first-order valence-electron chi connectivity index (χ1n) is 8.22. The highest BCUT2D eigenvalue weighted by Crippen LogP contribution is 2.52. The predicted molar refractivity (Wildman–Crippen MR) is 95.0 cm³/mol. The van der Waals surface area contributed by atoms with Gasteiger partial charge in [0.15, 0.2) is 17.3 Å². The molecule has 1 aromatic carbocycles. The van der Waals surface area contributed by atoms with Crippen molar-refractivity contribution in [3.63, 3.8) is 0 Å². The zero-order valence-corrected chi connectivity index (χ0v) is 14.8. The number of ketones is 1. The third-order valence-corrected chi connectivity index (χ3v) is 4.65. The Labute approximate surface area is 152 Å². The highest BCUT2D eigenvalue weighted by atomic mass is 35.5. The lowest BCUT2D eigenvalue weighted by atomic mass is 10.0. The van der Waals surface area contributed by atoms with Crippen LogP contribution in [0, 0.1) is 0 Å². The number of ether oxygens (including phenoxy) is 3. The molecule has 0 atom stereocenters. The number of benzene rings is 1. The fourth-order valence-electron chi connectivity index (χ4n) is 3.41. The molecule has 0 bridgehead atoms. The molecule has 1 spiro atoms. The summed E-state index contributed by atoms with van der Waals surface area (Å²) < 4.78 is 17.6. The lowest BCUT2D eigenvalue weighted by Gasteiger charge is -2.21. The number of rotatable bonds is 4. The smallest absolute Gasteiger partial charge is 0.251 e. The van der Waals surface area contributed by atoms with Crippen molar-refractivity contribution in [2.45, 2.75) is 37.9 Å². The van der Waals surface area contributed by atoms with Crippen LogP contribution in [0.1, 0.15) is 41.6 Å². The molecule has 2 aliphatic rings. The van der Waals surface area contributed by atoms with Crippen molar-refractivity contribution < 1.29 is 19.0 Å². The van der Waals surface area contributed by atoms with Gasteiger partial charge >= 0.3 is 0 Å². The van der Waals surface area contributed by atoms with E-state index < -0.39 is 5.79 Å². The van der Waals surface area contributed by atoms with Crippen LogP contribution >= 0.6 is 12.4 Å². The van der Waals surface area contributed by atoms with Crippen LogP contribution in [0.5, 0.6) is 17.2 Å². The van der Waals surface area contributed by atoms with Crippen molar-refractivity contribution in [2.75, 3.05) is 7.11 Å². The van der Waals surface area contributed by atoms with E-state index in [1.165, 1.54) is 0 Å². The SMILES string of the molecule is COc1ccc(C(=O)Cc2ccncc2)c2c1OC1(CCCC1)O2.Cl. The average molecular weight is 362 g/mol. The molecule has 5 nitrogen and oxygen atoms in total. The Bertz CT molecular complexity index is 772. The van der Waals surface area contributed by atoms with Gasteiger partial charge in [-0.3, -0.25) is 9.78 Å². The van der Waals surface area contributed by atoms with Gasteiger partial charge in [0.2, 0.25) is 5.75 Å². The van der Waals surface area contributed by atoms with Gasteiger partial charge in [-0.05, 0) is 42.7 Å². The molecule has 0 unspecified atom stereocenters. The molecule has 0 saturated heterocycles. The first-order chi connectivity index (χ1) is 11.7. The highest BCUT2D eigenvalue weighted by molar-refractivity contribution is 6.01. The van der Waals surface area contributed by atoms with E-state index in [0.717, 1.165) is 31.2 Å². The van der Waals surface area contributed by atoms with Gasteiger partial charge in [-0.1, -0.05) is 0 Å². The monoisotopic (exact) mass is 361 g/mol. The van der Waals surface area contributed by atoms with E-state index in [-0.39, 0.29) is 18.2 Å². The van der Waals surface area contributed by atoms with Gasteiger partial charge in [0.25, 0.3) is 5.79 Å². The van der Waals surface area contributed by atoms with E-state index >= 15 is 0 Å². The molecular formula is C19H20ClNO4. The van der Waals surface area contributed by atoms with Gasteiger partial charge in [-0.15, -0.1) is 12.4 Å². The number of halogens is 1. The second kappa shape index (κ2) is 6.92. The third kappa shape index (κ3) is 3.16. The maximum atomic E-state index is 12.8. The fourth-order valence-corrected chi connectivity index (χ4v) is 3.41. The molecule has 1 aliphatic heterocycles. The van der Waals surface area contributed by atoms with Crippen LogP contribution in [0.3, 0.4) is 0 Å². The van der Waals surface area contributed by atoms with Gasteiger partial charge < -0.3 is 14.2 Å². The standard InChI is InChI=1S/C19H19NO4.ClH/c1-22-16-5-4-14(15(21)12-13-6-10-20-11-7-13)17-18(16)24-19(23-17)8-2-3-9-19;/h4-7,10-11H,2-3,8-9,12H2,1H3;1H. The number of fused-ring (bicyclic) bond motifs is 1. The van der Waals surface area contributed by atoms with E-state index in [0.29, 0.717) is 29.2 Å². The molecule has 1 fully saturated rings. The molecule has 1 aromatic heterocycles. The summed E-state index contributed by atoms with van der Waals surface area (Å²) in [5.41, 5.74) is 1.47. The molecule has 6 heteroatoms. The quantitative estimate of drug-likeness (QED) is 0.771. The van der Waals surface area contributed by atoms with E-state index in [4.69, 9.17) is 14.2 Å². The molecule has 0 amide bonds. The Kier molecular flexibility index (Phi) is 4.86. The van der Waals surface area contributed by atoms with Crippen LogP contribution in [0.2, 0.25) is 0 Å². The molecule has 2 aromatic rings. The topological polar surface area (TPSA) is 57.7 Å². The maximum Gasteiger partial charge on any atom is 0.251 e. The average Bonchev–Trinajstić information content (AvgIpc) is 3.21. The molecular weight excluding hydrogens is 342 g/mol. The largest absolute Gasteiger partial charge is 0.493 e. The summed E-state index contributed by atoms with van der Waals surface area (Å²) in [6.07, 6.45) is 7.48. The summed E-state index contributed by atoms with van der Waals surface area (Å²) in [6, 6.07) is 7.23. The number of pyridine rings is 1. The van der Waals surface area contributed by atoms with E-state index in [9.17, 15) is 4.79 Å². The minimum Gasteiger partial charge on any atom is -0.493 e. The summed E-state index contributed by atoms with van der Waals surface area (Å²) in [5, 5.41) is 0. The van der Waals surface area contributed by atoms with E-state index in [1.807, 2.05) is 12.1 Å². The lowest BCUT2D eigenvalue weighted by Crippen LogP contribution is -2.34. The van der Waals surface area contributed by atoms with Gasteiger partial charge in [0.05, 0.1) is 12.7 Å². The number of Topliss-reactive ketones (excluding diaryl/α,β-unsaturated/α-hetero) is 1. The van der Waals surface area contributed by atoms with Crippen molar-refractivity contribution in [2.24, 2.45) is 0 Å². The van der Waals surface area contributed by atoms with Crippen molar-refractivity contribution >= 4 is 18.2 Å². The summed E-state index contributed by atoms with van der Waals surface area (Å²) in [7, 11) is 1.59. The summed E-state index contributed by atoms with van der Waals surface area (Å²) >= 11 is 0. The molecule has 2 heterocycles. The zero-order chi connectivity index (χ0) is 16.6. The Morgan fingerprint density at radius 1 is 1.12 bits per heavy atom. The first-order valence-corrected chi connectivity index (χ1v) is 8.22. The number of carbonyl (C=O) groups excluding carboxylic acids is 1. The molecule has 25 heavy (non-hydrogen) atoms. The van der Waals surface area contributed by atoms with E-state index in [1.54, 1.807) is 31.6 Å². The van der Waals surface area contributed by atoms with Crippen LogP contribution in [-0.2, 0) is 6.42 Å². The van der Waals surface area contributed by atoms with Gasteiger partial charge in [-0.25, -0.2) is 0 Å². The molecule has 1 saturated carbocycles. The van der Waals surface area contributed by atoms with Crippen LogP contribution in [-0.4, -0.2) is 23.7 Å². The summed E-state index contributed by atoms with van der Waals surface area (Å²) in [6.45, 7) is 0. The van der Waals surface area contributed by atoms with Crippen LogP contribution in [0.15, 0.2) is 36.7 Å². The second-order valence-corrected chi connectivity index (χ2v) is 6.25. The molecule has 1 aliphatic carbocycles. The van der Waals surface area contributed by atoms with Crippen LogP contribution in [0.25, 0.3) is 0 Å². The number of nitrogens with zero attached hydrogens (tertiary/aromatic N) is 1. The number of carbonyl (C=O) groups is 1. The molecule has 4 rings (SSSR count). The maximum absolute atomic E-state index is 12.8. The second-order valence-electron chi connectivity index (χ2n) is 6.25. The van der Waals surface area contributed by atoms with Crippen molar-refractivity contribution in [1.82, 2.24) is 4.98 Å². The Hall–Kier alpha value is -2.27. The van der Waals surface area contributed by atoms with E-state index in [2.05, 4.69) is 4.98 Å². The van der Waals surface area contributed by atoms with Crippen molar-refractivity contribution in [3.8, 4) is 17.2 Å². The summed E-state index contributed by atoms with van der Waals surface area (Å²) in [5.74, 6) is 1.06. The number of hydrogen-bond acceptors (Lipinski definition) is 5. The number of hydrogen-bond donors (Lipinski definition) is 0. The summed E-state index contributed by atoms with van der Waals surface area (Å²) in [4.78, 5) is 16.8. The van der Waals surface area contributed by atoms with Gasteiger partial charge in [0.1, 0.15) is 0 Å². The molecule has 0 radical (unpaired) electrons. The van der Waals surface area contributed by atoms with Crippen molar-refractivity contribution in [3.05, 3.63) is 47.8 Å². The number of aromatic nitrogens is 1. The third-order valence-electron chi connectivity index (χ3n) is 4.65. The predicted octanol–water partition coefficient (Wildman–Crippen LogP) is 3.98. The first kappa shape index (κ1) is 17.5. The Morgan fingerprint density at radius 2 is 1.80 bits per heavy atom. The van der Waals surface area contributed by atoms with Gasteiger partial charge in [0, 0.05) is 31.7 Å². The lowest BCUT2D eigenvalue weighted by molar-refractivity contribution is -0.0724. The van der Waals surface area contributed by atoms with Crippen LogP contribution in [0.4, 0.5) is 0 Å². The Balaban J connectivity index is 0.00000182. The number of methoxy groups -OCH3 is 1. The van der Waals surface area contributed by atoms with Gasteiger partial charge in [-0.2, -0.15) is 0 Å². The fraction of sp³-hybridized carbons (Fsp3) is 0.368. The van der Waals surface area contributed by atoms with Crippen LogP contribution < -0.4 is 14.2 Å². The minimum absolute atomic E-state index is 0. The normalized spacial score (nSPS) is 16.5. The Morgan fingerprint density at radius 3 is 2.48 bits per heavy atom. The zero-order valence-electron chi connectivity index (χ0n) is 14.0. The highest BCUT2D eigenvalue weighted by Gasteiger charge is 2.46. The minimum atomic E-state index is -0.622. The molecule has 132 valence electrons.